The fraction of sp³-hybridized carbons (Fsp3) is 0. The second-order valence-corrected chi connectivity index (χ2v) is 11.7. The first kappa shape index (κ1) is 44.9. The molecule has 62 heavy (non-hydrogen) atoms. The van der Waals surface area contributed by atoms with Crippen LogP contribution >= 0.6 is 0 Å². The average molecular weight is 930 g/mol. The quantitative estimate of drug-likeness (QED) is 0.0933. The Kier molecular flexibility index (Phi) is 10.9. The summed E-state index contributed by atoms with van der Waals surface area (Å²) in [4.78, 5) is -3.84. The van der Waals surface area contributed by atoms with E-state index in [1.165, 1.54) is 0 Å². The summed E-state index contributed by atoms with van der Waals surface area (Å²) in [6, 6.07) is 0. The highest BCUT2D eigenvalue weighted by Crippen LogP contribution is 2.52. The highest BCUT2D eigenvalue weighted by atomic mass is 19.2. The molecule has 6 rings (SSSR count). The Labute approximate surface area is 320 Å². The largest absolute Gasteiger partial charge is 0.294 e. The van der Waals surface area contributed by atoms with E-state index in [4.69, 9.17) is 0 Å². The first-order valence-electron chi connectivity index (χ1n) is 15.0. The summed E-state index contributed by atoms with van der Waals surface area (Å²) in [5.74, 6) is -89.9. The molecule has 0 aromatic heterocycles. The first-order chi connectivity index (χ1) is 28.7. The van der Waals surface area contributed by atoms with E-state index in [0.717, 1.165) is 0 Å². The maximum absolute atomic E-state index is 16.4. The third-order valence-electron chi connectivity index (χ3n) is 8.43. The summed E-state index contributed by atoms with van der Waals surface area (Å²) in [6.45, 7) is 0. The Hall–Kier alpha value is -6.64. The molecule has 0 bridgehead atoms. The number of rotatable bonds is 6. The number of fused-ring (bicyclic) bond motifs is 1. The molecule has 2 nitrogen and oxygen atoms in total. The van der Waals surface area contributed by atoms with Crippen LogP contribution in [-0.4, -0.2) is 0 Å². The van der Waals surface area contributed by atoms with Crippen molar-refractivity contribution < 1.29 is 114 Å². The molecular weight excluding hydrogens is 930 g/mol. The van der Waals surface area contributed by atoms with Gasteiger partial charge >= 0.3 is 0 Å². The fourth-order valence-electron chi connectivity index (χ4n) is 5.71. The molecule has 0 saturated carbocycles. The van der Waals surface area contributed by atoms with E-state index in [2.05, 4.69) is 0 Å². The summed E-state index contributed by atoms with van der Waals surface area (Å²) in [5, 5.41) is -6.24. The monoisotopic (exact) mass is 930 g/mol. The third-order valence-corrected chi connectivity index (χ3v) is 8.43. The van der Waals surface area contributed by atoms with Gasteiger partial charge in [0.1, 0.15) is 34.1 Å². The van der Waals surface area contributed by atoms with Gasteiger partial charge in [-0.25, -0.2) is 114 Å². The molecule has 0 N–H and O–H groups in total. The van der Waals surface area contributed by atoms with Crippen molar-refractivity contribution in [2.24, 2.45) is 0 Å². The maximum atomic E-state index is 16.4. The van der Waals surface area contributed by atoms with E-state index in [9.17, 15) is 52.7 Å². The molecule has 0 saturated heterocycles. The van der Waals surface area contributed by atoms with E-state index < -0.39 is 206 Å². The Morgan fingerprint density at radius 2 is 0.242 bits per heavy atom. The zero-order valence-corrected chi connectivity index (χ0v) is 27.7. The van der Waals surface area contributed by atoms with Crippen LogP contribution in [0.2, 0.25) is 0 Å². The van der Waals surface area contributed by atoms with Crippen LogP contribution in [0, 0.1) is 151 Å². The number of anilines is 6. The highest BCUT2D eigenvalue weighted by molar-refractivity contribution is 5.96. The molecule has 0 spiro atoms. The van der Waals surface area contributed by atoms with Crippen LogP contribution in [0.3, 0.4) is 0 Å². The smallest absolute Gasteiger partial charge is 0.200 e. The van der Waals surface area contributed by atoms with Crippen molar-refractivity contribution in [3.05, 3.63) is 151 Å². The zero-order chi connectivity index (χ0) is 46.8. The highest BCUT2D eigenvalue weighted by Gasteiger charge is 2.44. The van der Waals surface area contributed by atoms with Gasteiger partial charge in [-0.05, 0) is 0 Å². The third kappa shape index (κ3) is 5.91. The minimum Gasteiger partial charge on any atom is -0.294 e. The van der Waals surface area contributed by atoms with Gasteiger partial charge in [0.15, 0.2) is 128 Å². The van der Waals surface area contributed by atoms with Gasteiger partial charge in [0.2, 0.25) is 23.3 Å². The van der Waals surface area contributed by atoms with Crippen molar-refractivity contribution in [3.8, 4) is 0 Å². The molecule has 6 aromatic rings. The SMILES string of the molecule is Fc1c(F)c(F)c(N(c2c(F)c(F)c(F)c(F)c2F)c2c(F)c(F)c3c(F)c(N(c4c(F)c(F)c(F)c(F)c4F)c4c(F)c(F)c(F)c(F)c4F)c(F)c(F)c3c2F)c(F)c1F. The zero-order valence-electron chi connectivity index (χ0n) is 27.7. The molecule has 0 aliphatic rings. The van der Waals surface area contributed by atoms with Crippen LogP contribution in [0.5, 0.6) is 0 Å². The summed E-state index contributed by atoms with van der Waals surface area (Å²) >= 11 is 0. The molecule has 0 aliphatic heterocycles. The summed E-state index contributed by atoms with van der Waals surface area (Å²) in [6.07, 6.45) is 0. The first-order valence-corrected chi connectivity index (χ1v) is 15.0. The maximum Gasteiger partial charge on any atom is 0.200 e. The lowest BCUT2D eigenvalue weighted by Crippen LogP contribution is -2.25. The molecule has 6 aromatic carbocycles. The number of nitrogens with zero attached hydrogens (tertiary/aromatic N) is 2. The summed E-state index contributed by atoms with van der Waals surface area (Å²) in [7, 11) is 0. The topological polar surface area (TPSA) is 6.48 Å². The van der Waals surface area contributed by atoms with Crippen LogP contribution in [0.1, 0.15) is 0 Å². The van der Waals surface area contributed by atoms with E-state index in [1.807, 2.05) is 0 Å². The van der Waals surface area contributed by atoms with Crippen molar-refractivity contribution in [2.45, 2.75) is 0 Å². The van der Waals surface area contributed by atoms with E-state index in [1.54, 1.807) is 0 Å². The molecule has 0 aliphatic carbocycles. The normalized spacial score (nSPS) is 11.7. The lowest BCUT2D eigenvalue weighted by Gasteiger charge is -2.30. The lowest BCUT2D eigenvalue weighted by molar-refractivity contribution is 0.374. The molecule has 0 fully saturated rings. The van der Waals surface area contributed by atoms with Crippen molar-refractivity contribution in [1.82, 2.24) is 0 Å². The van der Waals surface area contributed by atoms with Crippen LogP contribution in [-0.2, 0) is 0 Å². The Morgan fingerprint density at radius 3 is 0.403 bits per heavy atom. The minimum absolute atomic E-state index is 1.92. The Morgan fingerprint density at radius 1 is 0.129 bits per heavy atom. The van der Waals surface area contributed by atoms with Crippen molar-refractivity contribution in [3.63, 3.8) is 0 Å². The van der Waals surface area contributed by atoms with Crippen LogP contribution in [0.25, 0.3) is 10.8 Å². The van der Waals surface area contributed by atoms with Gasteiger partial charge < -0.3 is 0 Å². The van der Waals surface area contributed by atoms with Crippen molar-refractivity contribution in [2.75, 3.05) is 9.80 Å². The fourth-order valence-corrected chi connectivity index (χ4v) is 5.71. The van der Waals surface area contributed by atoms with Crippen molar-refractivity contribution >= 4 is 44.9 Å². The molecule has 0 unspecified atom stereocenters. The van der Waals surface area contributed by atoms with Crippen LogP contribution in [0.15, 0.2) is 0 Å². The van der Waals surface area contributed by atoms with Gasteiger partial charge in [0.05, 0.1) is 10.8 Å². The van der Waals surface area contributed by atoms with Crippen LogP contribution in [0.4, 0.5) is 148 Å². The van der Waals surface area contributed by atoms with Gasteiger partial charge in [-0.2, -0.15) is 0 Å². The molecule has 0 amide bonds. The van der Waals surface area contributed by atoms with Gasteiger partial charge in [-0.15, -0.1) is 0 Å². The molecule has 0 heterocycles. The number of hydrogen-bond acceptors (Lipinski definition) is 2. The number of hydrogen-bond donors (Lipinski definition) is 0. The Bertz CT molecular complexity index is 2550. The number of halogens is 26. The van der Waals surface area contributed by atoms with Gasteiger partial charge in [-0.3, -0.25) is 9.80 Å². The molecule has 28 heteroatoms. The second-order valence-electron chi connectivity index (χ2n) is 11.7. The van der Waals surface area contributed by atoms with E-state index >= 15 is 61.5 Å². The lowest BCUT2D eigenvalue weighted by atomic mass is 10.0. The van der Waals surface area contributed by atoms with Gasteiger partial charge in [0, 0.05) is 0 Å². The standard InChI is InChI=1S/C34F26N2/c35-3-1-2(6(38)30(19(3)51)62(33-25(57)15(47)9(41)16(48)26(33)58)34-27(59)17(49)10(42)18(50)28(34)60)4(36)20(52)29(5(1)37)61(31-21(53)11(43)7(39)12(44)22(31)54)32-23(55)13(45)8(40)14(46)24(32)56. The molecular formula is C34F26N2. The molecule has 0 atom stereocenters. The van der Waals surface area contributed by atoms with E-state index in [0.29, 0.717) is 0 Å². The molecule has 328 valence electrons. The summed E-state index contributed by atoms with van der Waals surface area (Å²) in [5.41, 5.74) is -19.8. The predicted octanol–water partition coefficient (Wildman–Crippen LogP) is 13.4. The van der Waals surface area contributed by atoms with Gasteiger partial charge in [-0.1, -0.05) is 0 Å². The predicted molar refractivity (Wildman–Crippen MR) is 152 cm³/mol. The Balaban J connectivity index is 1.88. The number of benzene rings is 6. The van der Waals surface area contributed by atoms with Crippen molar-refractivity contribution in [1.29, 1.82) is 0 Å². The minimum atomic E-state index is -3.71. The van der Waals surface area contributed by atoms with Gasteiger partial charge in [0.25, 0.3) is 0 Å². The summed E-state index contributed by atoms with van der Waals surface area (Å²) < 4.78 is 388. The second kappa shape index (κ2) is 15.1. The van der Waals surface area contributed by atoms with E-state index in [-0.39, 0.29) is 0 Å². The van der Waals surface area contributed by atoms with Crippen LogP contribution < -0.4 is 9.80 Å². The molecule has 0 radical (unpaired) electrons. The average Bonchev–Trinajstić information content (AvgIpc) is 3.23.